The number of para-hydroxylation sites is 1. The Balaban J connectivity index is 1.14. The minimum Gasteiger partial charge on any atom is -0.308 e. The van der Waals surface area contributed by atoms with Crippen molar-refractivity contribution in [2.45, 2.75) is 12.3 Å². The van der Waals surface area contributed by atoms with Crippen molar-refractivity contribution in [1.82, 2.24) is 23.9 Å². The SMILES string of the molecule is C1=CCC(c2c(-c3ccccc3)n3c4ccccc4c4cccc5c4c4c(c6ccccc6c2c43)n5-c2ccc(-c3nc(-c4ccccc4)nc(-c4ccccc4)n3)c3ccccc23)C=C1. The monoisotopic (exact) mass is 841 g/mol. The van der Waals surface area contributed by atoms with Crippen LogP contribution < -0.4 is 0 Å². The Bertz CT molecular complexity index is 4070. The second-order valence-corrected chi connectivity index (χ2v) is 17.4. The first-order valence-electron chi connectivity index (χ1n) is 22.7. The molecular formula is C61H39N5. The highest BCUT2D eigenvalue weighted by molar-refractivity contribution is 6.38. The molecular weight excluding hydrogens is 803 g/mol. The van der Waals surface area contributed by atoms with Crippen LogP contribution in [0.1, 0.15) is 17.9 Å². The first-order valence-corrected chi connectivity index (χ1v) is 22.7. The first-order chi connectivity index (χ1) is 32.8. The number of hydrogen-bond donors (Lipinski definition) is 0. The van der Waals surface area contributed by atoms with Crippen LogP contribution in [0.15, 0.2) is 218 Å². The third-order valence-electron chi connectivity index (χ3n) is 13.8. The molecule has 0 saturated heterocycles. The fourth-order valence-electron chi connectivity index (χ4n) is 11.1. The van der Waals surface area contributed by atoms with Crippen molar-refractivity contribution in [3.05, 3.63) is 224 Å². The summed E-state index contributed by atoms with van der Waals surface area (Å²) in [6, 6.07) is 69.7. The fraction of sp³-hybridized carbons (Fsp3) is 0.0328. The number of nitrogens with zero attached hydrogens (tertiary/aromatic N) is 5. The summed E-state index contributed by atoms with van der Waals surface area (Å²) in [5.74, 6) is 2.12. The van der Waals surface area contributed by atoms with Crippen LogP contribution in [0.4, 0.5) is 0 Å². The van der Waals surface area contributed by atoms with Crippen molar-refractivity contribution in [1.29, 1.82) is 0 Å². The molecule has 13 aromatic rings. The molecule has 4 aromatic heterocycles. The van der Waals surface area contributed by atoms with E-state index in [0.717, 1.165) is 39.6 Å². The zero-order valence-corrected chi connectivity index (χ0v) is 35.8. The van der Waals surface area contributed by atoms with E-state index in [2.05, 4.69) is 191 Å². The van der Waals surface area contributed by atoms with Crippen LogP contribution in [0, 0.1) is 0 Å². The van der Waals surface area contributed by atoms with Gasteiger partial charge in [-0.25, -0.2) is 15.0 Å². The van der Waals surface area contributed by atoms with Gasteiger partial charge in [-0.05, 0) is 58.0 Å². The van der Waals surface area contributed by atoms with Crippen molar-refractivity contribution >= 4 is 70.5 Å². The van der Waals surface area contributed by atoms with E-state index in [9.17, 15) is 0 Å². The van der Waals surface area contributed by atoms with Crippen molar-refractivity contribution < 1.29 is 0 Å². The lowest BCUT2D eigenvalue weighted by molar-refractivity contribution is 0.862. The second kappa shape index (κ2) is 14.4. The molecule has 0 N–H and O–H groups in total. The summed E-state index contributed by atoms with van der Waals surface area (Å²) in [6.07, 6.45) is 10.1. The molecule has 1 atom stereocenters. The zero-order chi connectivity index (χ0) is 43.3. The van der Waals surface area contributed by atoms with Gasteiger partial charge in [0.1, 0.15) is 0 Å². The summed E-state index contributed by atoms with van der Waals surface area (Å²) in [7, 11) is 0. The Labute approximate surface area is 380 Å². The maximum Gasteiger partial charge on any atom is 0.164 e. The fourth-order valence-corrected chi connectivity index (χ4v) is 11.1. The molecule has 308 valence electrons. The molecule has 66 heavy (non-hydrogen) atoms. The van der Waals surface area contributed by atoms with Crippen LogP contribution in [0.25, 0.3) is 122 Å². The molecule has 14 rings (SSSR count). The highest BCUT2D eigenvalue weighted by Crippen LogP contribution is 2.52. The van der Waals surface area contributed by atoms with Gasteiger partial charge in [-0.2, -0.15) is 0 Å². The van der Waals surface area contributed by atoms with Gasteiger partial charge < -0.3 is 8.97 Å². The number of fused-ring (bicyclic) bond motifs is 7. The van der Waals surface area contributed by atoms with Crippen LogP contribution in [0.5, 0.6) is 0 Å². The third-order valence-corrected chi connectivity index (χ3v) is 13.8. The molecule has 1 aliphatic carbocycles. The van der Waals surface area contributed by atoms with E-state index >= 15 is 0 Å². The number of benzene rings is 9. The summed E-state index contributed by atoms with van der Waals surface area (Å²) in [4.78, 5) is 15.4. The highest BCUT2D eigenvalue weighted by atomic mass is 15.0. The molecule has 0 radical (unpaired) electrons. The van der Waals surface area contributed by atoms with Crippen LogP contribution in [0.3, 0.4) is 0 Å². The Morgan fingerprint density at radius 1 is 0.394 bits per heavy atom. The molecule has 5 heteroatoms. The molecule has 4 heterocycles. The molecule has 0 aliphatic heterocycles. The summed E-state index contributed by atoms with van der Waals surface area (Å²) in [6.45, 7) is 0. The van der Waals surface area contributed by atoms with Gasteiger partial charge in [0.05, 0.1) is 33.4 Å². The van der Waals surface area contributed by atoms with Gasteiger partial charge in [-0.15, -0.1) is 0 Å². The van der Waals surface area contributed by atoms with Gasteiger partial charge in [0, 0.05) is 54.9 Å². The molecule has 5 nitrogen and oxygen atoms in total. The van der Waals surface area contributed by atoms with E-state index < -0.39 is 0 Å². The maximum atomic E-state index is 5.20. The minimum atomic E-state index is 0.200. The van der Waals surface area contributed by atoms with Crippen LogP contribution >= 0.6 is 0 Å². The smallest absolute Gasteiger partial charge is 0.164 e. The topological polar surface area (TPSA) is 48.0 Å². The number of hydrogen-bond acceptors (Lipinski definition) is 3. The van der Waals surface area contributed by atoms with Crippen molar-refractivity contribution in [3.8, 4) is 51.1 Å². The van der Waals surface area contributed by atoms with E-state index in [1.54, 1.807) is 0 Å². The zero-order valence-electron chi connectivity index (χ0n) is 35.8. The molecule has 0 saturated carbocycles. The highest BCUT2D eigenvalue weighted by Gasteiger charge is 2.31. The van der Waals surface area contributed by atoms with Crippen LogP contribution in [-0.4, -0.2) is 23.9 Å². The average molecular weight is 842 g/mol. The van der Waals surface area contributed by atoms with E-state index in [1.807, 2.05) is 36.4 Å². The van der Waals surface area contributed by atoms with E-state index in [-0.39, 0.29) is 5.92 Å². The Kier molecular flexibility index (Phi) is 8.04. The summed E-state index contributed by atoms with van der Waals surface area (Å²) >= 11 is 0. The number of aromatic nitrogens is 5. The number of rotatable bonds is 6. The Morgan fingerprint density at radius 2 is 0.955 bits per heavy atom. The predicted octanol–water partition coefficient (Wildman–Crippen LogP) is 15.5. The minimum absolute atomic E-state index is 0.200. The summed E-state index contributed by atoms with van der Waals surface area (Å²) in [5, 5.41) is 11.0. The van der Waals surface area contributed by atoms with Crippen molar-refractivity contribution in [2.24, 2.45) is 0 Å². The third kappa shape index (κ3) is 5.31. The van der Waals surface area contributed by atoms with Gasteiger partial charge >= 0.3 is 0 Å². The molecule has 0 bridgehead atoms. The standard InChI is InChI=1S/C61H39N5/c1-5-20-38(21-6-1)52-54-46-31-15-16-32-47(46)57-55-53-45(44-30-17-18-34-49(44)66(58(54)55)56(52)39-22-7-2-8-23-39)33-19-35-51(53)65(57)50-37-36-48(42-28-13-14-29-43(42)50)61-63-59(40-24-9-3-10-25-40)62-60(64-61)41-26-11-4-12-27-41/h1-20,22-38H,21H2. The van der Waals surface area contributed by atoms with Crippen LogP contribution in [0.2, 0.25) is 0 Å². The quantitative estimate of drug-likeness (QED) is 0.168. The Hall–Kier alpha value is -8.67. The second-order valence-electron chi connectivity index (χ2n) is 17.4. The first kappa shape index (κ1) is 36.8. The molecule has 0 amide bonds. The van der Waals surface area contributed by atoms with Gasteiger partial charge in [0.15, 0.2) is 17.5 Å². The lowest BCUT2D eigenvalue weighted by atomic mass is 9.86. The van der Waals surface area contributed by atoms with Gasteiger partial charge in [-0.3, -0.25) is 0 Å². The molecule has 1 aliphatic rings. The predicted molar refractivity (Wildman–Crippen MR) is 274 cm³/mol. The lowest BCUT2D eigenvalue weighted by Crippen LogP contribution is -2.02. The molecule has 0 spiro atoms. The normalized spacial score (nSPS) is 14.0. The average Bonchev–Trinajstić information content (AvgIpc) is 3.90. The van der Waals surface area contributed by atoms with E-state index in [1.165, 1.54) is 76.6 Å². The largest absolute Gasteiger partial charge is 0.308 e. The van der Waals surface area contributed by atoms with E-state index in [4.69, 9.17) is 15.0 Å². The van der Waals surface area contributed by atoms with E-state index in [0.29, 0.717) is 17.5 Å². The maximum absolute atomic E-state index is 5.20. The number of allylic oxidation sites excluding steroid dienone is 4. The van der Waals surface area contributed by atoms with Gasteiger partial charge in [0.2, 0.25) is 0 Å². The van der Waals surface area contributed by atoms with Crippen molar-refractivity contribution in [2.75, 3.05) is 0 Å². The Morgan fingerprint density at radius 3 is 1.65 bits per heavy atom. The van der Waals surface area contributed by atoms with Gasteiger partial charge in [0.25, 0.3) is 0 Å². The molecule has 0 fully saturated rings. The summed E-state index contributed by atoms with van der Waals surface area (Å²) < 4.78 is 5.17. The van der Waals surface area contributed by atoms with Crippen LogP contribution in [-0.2, 0) is 0 Å². The summed E-state index contributed by atoms with van der Waals surface area (Å²) in [5.41, 5.74) is 12.6. The molecule has 9 aromatic carbocycles. The molecule has 1 unspecified atom stereocenters. The van der Waals surface area contributed by atoms with Crippen molar-refractivity contribution in [3.63, 3.8) is 0 Å². The van der Waals surface area contributed by atoms with Gasteiger partial charge in [-0.1, -0.05) is 194 Å². The lowest BCUT2D eigenvalue weighted by Gasteiger charge is -2.17.